The Hall–Kier alpha value is -3.09. The standard InChI is InChI=1S/C26H12Br2FNO2/c27-14-5-7-22-17(11-14)25(31)19-9-13(16-3-1-2-4-21(16)29)10-20-24(19)30(22)23-8-6-15(28)12-18(23)26(20)32/h1-12H. The van der Waals surface area contributed by atoms with Crippen LogP contribution in [0.15, 0.2) is 91.3 Å². The zero-order valence-electron chi connectivity index (χ0n) is 16.3. The minimum Gasteiger partial charge on any atom is -0.308 e. The van der Waals surface area contributed by atoms with E-state index in [-0.39, 0.29) is 10.9 Å². The number of aromatic nitrogens is 1. The van der Waals surface area contributed by atoms with Crippen LogP contribution in [0.1, 0.15) is 0 Å². The van der Waals surface area contributed by atoms with Gasteiger partial charge in [0, 0.05) is 36.1 Å². The Labute approximate surface area is 197 Å². The summed E-state index contributed by atoms with van der Waals surface area (Å²) < 4.78 is 18.1. The second kappa shape index (κ2) is 6.95. The molecule has 3 nitrogen and oxygen atoms in total. The molecule has 0 aliphatic carbocycles. The quantitative estimate of drug-likeness (QED) is 0.166. The van der Waals surface area contributed by atoms with Gasteiger partial charge < -0.3 is 4.40 Å². The van der Waals surface area contributed by atoms with Gasteiger partial charge in [-0.3, -0.25) is 9.59 Å². The number of hydrogen-bond acceptors (Lipinski definition) is 2. The van der Waals surface area contributed by atoms with Crippen molar-refractivity contribution >= 4 is 70.0 Å². The molecule has 0 radical (unpaired) electrons. The Morgan fingerprint density at radius 3 is 1.72 bits per heavy atom. The first kappa shape index (κ1) is 19.6. The smallest absolute Gasteiger partial charge is 0.197 e. The van der Waals surface area contributed by atoms with E-state index in [0.29, 0.717) is 49.2 Å². The van der Waals surface area contributed by atoms with Crippen molar-refractivity contribution in [3.05, 3.63) is 108 Å². The number of nitrogens with zero attached hydrogens (tertiary/aromatic N) is 1. The lowest BCUT2D eigenvalue weighted by Crippen LogP contribution is -2.14. The molecule has 6 heteroatoms. The van der Waals surface area contributed by atoms with Crippen molar-refractivity contribution in [2.75, 3.05) is 0 Å². The molecule has 0 aliphatic heterocycles. The van der Waals surface area contributed by atoms with Crippen LogP contribution >= 0.6 is 31.9 Å². The Kier molecular flexibility index (Phi) is 4.26. The predicted octanol–water partition coefficient (Wildman–Crippen LogP) is 6.89. The van der Waals surface area contributed by atoms with Crippen molar-refractivity contribution in [1.29, 1.82) is 0 Å². The first-order chi connectivity index (χ1) is 15.4. The van der Waals surface area contributed by atoms with Crippen LogP contribution in [0.25, 0.3) is 49.2 Å². The summed E-state index contributed by atoms with van der Waals surface area (Å²) in [5.41, 5.74) is 2.42. The molecule has 0 saturated heterocycles. The van der Waals surface area contributed by atoms with Crippen molar-refractivity contribution in [3.8, 4) is 11.1 Å². The lowest BCUT2D eigenvalue weighted by molar-refractivity contribution is 0.631. The largest absolute Gasteiger partial charge is 0.308 e. The minimum absolute atomic E-state index is 0.194. The fourth-order valence-electron chi connectivity index (χ4n) is 4.50. The van der Waals surface area contributed by atoms with Crippen molar-refractivity contribution in [3.63, 3.8) is 0 Å². The molecule has 154 valence electrons. The summed E-state index contributed by atoms with van der Waals surface area (Å²) in [6, 6.07) is 20.8. The van der Waals surface area contributed by atoms with E-state index in [2.05, 4.69) is 31.9 Å². The molecular weight excluding hydrogens is 537 g/mol. The van der Waals surface area contributed by atoms with Gasteiger partial charge in [-0.15, -0.1) is 0 Å². The predicted molar refractivity (Wildman–Crippen MR) is 134 cm³/mol. The van der Waals surface area contributed by atoms with Crippen molar-refractivity contribution in [2.24, 2.45) is 0 Å². The molecule has 0 amide bonds. The molecule has 4 aromatic carbocycles. The summed E-state index contributed by atoms with van der Waals surface area (Å²) in [6.07, 6.45) is 0. The molecule has 0 bridgehead atoms. The van der Waals surface area contributed by atoms with E-state index < -0.39 is 5.82 Å². The van der Waals surface area contributed by atoms with Crippen LogP contribution in [-0.2, 0) is 0 Å². The van der Waals surface area contributed by atoms with Crippen LogP contribution in [-0.4, -0.2) is 4.40 Å². The number of benzene rings is 4. The van der Waals surface area contributed by atoms with Gasteiger partial charge in [0.15, 0.2) is 10.9 Å². The summed E-state index contributed by atoms with van der Waals surface area (Å²) in [5, 5.41) is 1.81. The molecule has 2 heterocycles. The van der Waals surface area contributed by atoms with Gasteiger partial charge in [-0.25, -0.2) is 4.39 Å². The van der Waals surface area contributed by atoms with Gasteiger partial charge >= 0.3 is 0 Å². The summed E-state index contributed by atoms with van der Waals surface area (Å²) in [6.45, 7) is 0. The number of halogens is 3. The highest BCUT2D eigenvalue weighted by Gasteiger charge is 2.19. The zero-order chi connectivity index (χ0) is 22.1. The fourth-order valence-corrected chi connectivity index (χ4v) is 5.23. The molecule has 2 aromatic heterocycles. The number of hydrogen-bond donors (Lipinski definition) is 0. The van der Waals surface area contributed by atoms with Gasteiger partial charge in [0.2, 0.25) is 0 Å². The molecule has 0 unspecified atom stereocenters. The molecule has 32 heavy (non-hydrogen) atoms. The van der Waals surface area contributed by atoms with Gasteiger partial charge in [0.05, 0.1) is 16.6 Å². The maximum absolute atomic E-state index is 14.6. The Balaban J connectivity index is 1.97. The van der Waals surface area contributed by atoms with Crippen LogP contribution in [0.5, 0.6) is 0 Å². The van der Waals surface area contributed by atoms with Crippen LogP contribution < -0.4 is 10.9 Å². The zero-order valence-corrected chi connectivity index (χ0v) is 19.5. The second-order valence-corrected chi connectivity index (χ2v) is 9.55. The van der Waals surface area contributed by atoms with E-state index >= 15 is 0 Å². The number of rotatable bonds is 1. The van der Waals surface area contributed by atoms with Crippen LogP contribution in [0.3, 0.4) is 0 Å². The third-order valence-corrected chi connectivity index (χ3v) is 6.88. The molecule has 0 fully saturated rings. The van der Waals surface area contributed by atoms with E-state index in [4.69, 9.17) is 0 Å². The lowest BCUT2D eigenvalue weighted by atomic mass is 9.97. The van der Waals surface area contributed by atoms with Crippen molar-refractivity contribution in [2.45, 2.75) is 0 Å². The monoisotopic (exact) mass is 547 g/mol. The first-order valence-electron chi connectivity index (χ1n) is 9.85. The molecular formula is C26H12Br2FNO2. The summed E-state index contributed by atoms with van der Waals surface area (Å²) in [4.78, 5) is 27.2. The number of fused-ring (bicyclic) bond motifs is 4. The molecule has 6 rings (SSSR count). The van der Waals surface area contributed by atoms with E-state index in [1.165, 1.54) is 6.07 Å². The van der Waals surface area contributed by atoms with Gasteiger partial charge in [0.1, 0.15) is 5.82 Å². The highest BCUT2D eigenvalue weighted by Crippen LogP contribution is 2.33. The van der Waals surface area contributed by atoms with Gasteiger partial charge in [-0.1, -0.05) is 50.1 Å². The van der Waals surface area contributed by atoms with Crippen LogP contribution in [0.4, 0.5) is 4.39 Å². The Bertz CT molecular complexity index is 1750. The minimum atomic E-state index is -0.408. The lowest BCUT2D eigenvalue weighted by Gasteiger charge is -2.16. The molecule has 0 N–H and O–H groups in total. The summed E-state index contributed by atoms with van der Waals surface area (Å²) >= 11 is 6.92. The summed E-state index contributed by atoms with van der Waals surface area (Å²) in [7, 11) is 0. The SMILES string of the molecule is O=c1c2cc(Br)ccc2n2c3ccc(Br)cc3c(=O)c3cc(-c4ccccc4F)cc1c32. The first-order valence-corrected chi connectivity index (χ1v) is 11.4. The van der Waals surface area contributed by atoms with Gasteiger partial charge in [-0.05, 0) is 60.2 Å². The topological polar surface area (TPSA) is 38.5 Å². The maximum Gasteiger partial charge on any atom is 0.197 e. The molecule has 0 saturated carbocycles. The third kappa shape index (κ3) is 2.69. The van der Waals surface area contributed by atoms with Crippen LogP contribution in [0, 0.1) is 5.82 Å². The Morgan fingerprint density at radius 1 is 0.656 bits per heavy atom. The van der Waals surface area contributed by atoms with Crippen molar-refractivity contribution < 1.29 is 4.39 Å². The van der Waals surface area contributed by atoms with E-state index in [0.717, 1.165) is 8.95 Å². The summed E-state index contributed by atoms with van der Waals surface area (Å²) in [5.74, 6) is -0.408. The van der Waals surface area contributed by atoms with E-state index in [9.17, 15) is 14.0 Å². The van der Waals surface area contributed by atoms with Crippen LogP contribution in [0.2, 0.25) is 0 Å². The number of pyridine rings is 2. The van der Waals surface area contributed by atoms with Crippen molar-refractivity contribution in [1.82, 2.24) is 4.40 Å². The maximum atomic E-state index is 14.6. The van der Waals surface area contributed by atoms with Gasteiger partial charge in [0.25, 0.3) is 0 Å². The molecule has 0 atom stereocenters. The highest BCUT2D eigenvalue weighted by atomic mass is 79.9. The van der Waals surface area contributed by atoms with Gasteiger partial charge in [-0.2, -0.15) is 0 Å². The fraction of sp³-hybridized carbons (Fsp3) is 0. The highest BCUT2D eigenvalue weighted by molar-refractivity contribution is 9.10. The Morgan fingerprint density at radius 2 is 1.19 bits per heavy atom. The average Bonchev–Trinajstić information content (AvgIpc) is 2.79. The van der Waals surface area contributed by atoms with E-state index in [1.54, 1.807) is 42.5 Å². The molecule has 0 spiro atoms. The van der Waals surface area contributed by atoms with E-state index in [1.807, 2.05) is 28.7 Å². The second-order valence-electron chi connectivity index (χ2n) is 7.72. The third-order valence-electron chi connectivity index (χ3n) is 5.90. The molecule has 6 aromatic rings. The molecule has 0 aliphatic rings. The normalized spacial score (nSPS) is 11.8. The average molecular weight is 549 g/mol.